The van der Waals surface area contributed by atoms with Crippen molar-refractivity contribution in [3.8, 4) is 0 Å². The molecule has 18 heavy (non-hydrogen) atoms. The molecule has 0 atom stereocenters. The van der Waals surface area contributed by atoms with E-state index in [9.17, 15) is 8.42 Å². The van der Waals surface area contributed by atoms with Gasteiger partial charge in [-0.15, -0.1) is 0 Å². The Kier molecular flexibility index (Phi) is 3.53. The second kappa shape index (κ2) is 4.68. The first-order chi connectivity index (χ1) is 8.32. The number of hydrogen-bond acceptors (Lipinski definition) is 3. The van der Waals surface area contributed by atoms with Gasteiger partial charge in [-0.25, -0.2) is 0 Å². The summed E-state index contributed by atoms with van der Waals surface area (Å²) in [6.45, 7) is 3.47. The molecule has 0 fully saturated rings. The van der Waals surface area contributed by atoms with Crippen molar-refractivity contribution in [1.82, 2.24) is 9.19 Å². The van der Waals surface area contributed by atoms with Crippen molar-refractivity contribution < 1.29 is 8.42 Å². The molecule has 0 aliphatic heterocycles. The van der Waals surface area contributed by atoms with Gasteiger partial charge in [0.25, 0.3) is 10.0 Å². The Morgan fingerprint density at radius 3 is 2.50 bits per heavy atom. The lowest BCUT2D eigenvalue weighted by atomic mass is 10.2. The van der Waals surface area contributed by atoms with E-state index in [1.165, 1.54) is 12.4 Å². The lowest BCUT2D eigenvalue weighted by Crippen LogP contribution is -2.15. The van der Waals surface area contributed by atoms with Crippen LogP contribution in [0.3, 0.4) is 0 Å². The normalized spacial score (nSPS) is 11.8. The predicted molar refractivity (Wildman–Crippen MR) is 73.4 cm³/mol. The maximum absolute atomic E-state index is 12.4. The Hall–Kier alpha value is -0.850. The van der Waals surface area contributed by atoms with Crippen LogP contribution in [-0.2, 0) is 10.0 Å². The van der Waals surface area contributed by atoms with Crippen molar-refractivity contribution in [2.45, 2.75) is 18.7 Å². The number of rotatable bonds is 2. The Bertz CT molecular complexity index is 710. The topological polar surface area (TPSA) is 52.0 Å². The minimum atomic E-state index is -3.67. The van der Waals surface area contributed by atoms with Crippen molar-refractivity contribution in [3.63, 3.8) is 0 Å². The quantitative estimate of drug-likeness (QED) is 0.837. The van der Waals surface area contributed by atoms with Gasteiger partial charge < -0.3 is 0 Å². The molecule has 1 aromatic carbocycles. The van der Waals surface area contributed by atoms with Gasteiger partial charge in [0.1, 0.15) is 0 Å². The molecule has 0 amide bonds. The monoisotopic (exact) mass is 348 g/mol. The third-order valence-corrected chi connectivity index (χ3v) is 5.01. The molecule has 96 valence electrons. The van der Waals surface area contributed by atoms with Crippen LogP contribution in [0.2, 0.25) is 5.02 Å². The van der Waals surface area contributed by atoms with Crippen molar-refractivity contribution in [3.05, 3.63) is 45.1 Å². The summed E-state index contributed by atoms with van der Waals surface area (Å²) < 4.78 is 26.3. The first-order valence-corrected chi connectivity index (χ1v) is 7.66. The van der Waals surface area contributed by atoms with Crippen LogP contribution < -0.4 is 0 Å². The third-order valence-electron chi connectivity index (χ3n) is 2.51. The fourth-order valence-electron chi connectivity index (χ4n) is 1.55. The van der Waals surface area contributed by atoms with Crippen LogP contribution in [0, 0.1) is 13.8 Å². The molecular formula is C11H10BrClN2O2S. The van der Waals surface area contributed by atoms with Crippen molar-refractivity contribution in [1.29, 1.82) is 0 Å². The Labute approximate surface area is 119 Å². The van der Waals surface area contributed by atoms with Gasteiger partial charge in [-0.3, -0.25) is 0 Å². The molecule has 0 N–H and O–H groups in total. The molecule has 2 aromatic rings. The van der Waals surface area contributed by atoms with E-state index in [0.29, 0.717) is 20.6 Å². The summed E-state index contributed by atoms with van der Waals surface area (Å²) in [6, 6.07) is 3.20. The largest absolute Gasteiger partial charge is 0.283 e. The lowest BCUT2D eigenvalue weighted by Gasteiger charge is -2.09. The highest BCUT2D eigenvalue weighted by Crippen LogP contribution is 2.25. The van der Waals surface area contributed by atoms with Crippen LogP contribution >= 0.6 is 27.5 Å². The van der Waals surface area contributed by atoms with Gasteiger partial charge in [-0.2, -0.15) is 17.6 Å². The van der Waals surface area contributed by atoms with E-state index < -0.39 is 10.0 Å². The molecule has 0 spiro atoms. The zero-order valence-electron chi connectivity index (χ0n) is 9.68. The Morgan fingerprint density at radius 1 is 1.28 bits per heavy atom. The van der Waals surface area contributed by atoms with Gasteiger partial charge >= 0.3 is 0 Å². The summed E-state index contributed by atoms with van der Waals surface area (Å²) in [6.07, 6.45) is 2.83. The van der Waals surface area contributed by atoms with Crippen LogP contribution in [0.4, 0.5) is 0 Å². The van der Waals surface area contributed by atoms with Gasteiger partial charge in [0.2, 0.25) is 0 Å². The van der Waals surface area contributed by atoms with Crippen molar-refractivity contribution in [2.24, 2.45) is 0 Å². The molecule has 0 bridgehead atoms. The van der Waals surface area contributed by atoms with E-state index in [4.69, 9.17) is 11.6 Å². The molecule has 1 heterocycles. The second-order valence-corrected chi connectivity index (χ2v) is 6.99. The molecule has 0 radical (unpaired) electrons. The SMILES string of the molecule is Cc1cc(S(=O)(=O)n2cc(Br)cn2)c(C)cc1Cl. The van der Waals surface area contributed by atoms with Crippen LogP contribution in [-0.4, -0.2) is 17.6 Å². The minimum Gasteiger partial charge on any atom is -0.199 e. The van der Waals surface area contributed by atoms with Crippen LogP contribution in [0.25, 0.3) is 0 Å². The van der Waals surface area contributed by atoms with E-state index in [1.807, 2.05) is 0 Å². The fraction of sp³-hybridized carbons (Fsp3) is 0.182. The van der Waals surface area contributed by atoms with E-state index in [0.717, 1.165) is 4.09 Å². The summed E-state index contributed by atoms with van der Waals surface area (Å²) in [4.78, 5) is 0.208. The van der Waals surface area contributed by atoms with Gasteiger partial charge in [0.05, 0.1) is 21.8 Å². The standard InChI is InChI=1S/C11H10BrClN2O2S/c1-7-4-11(8(2)3-10(7)13)18(16,17)15-6-9(12)5-14-15/h3-6H,1-2H3. The Morgan fingerprint density at radius 2 is 1.94 bits per heavy atom. The predicted octanol–water partition coefficient (Wildman–Crippen LogP) is 3.15. The summed E-state index contributed by atoms with van der Waals surface area (Å²) in [7, 11) is -3.67. The van der Waals surface area contributed by atoms with Crippen molar-refractivity contribution >= 4 is 37.6 Å². The average molecular weight is 350 g/mol. The molecule has 7 heteroatoms. The third kappa shape index (κ3) is 2.32. The minimum absolute atomic E-state index is 0.208. The molecular weight excluding hydrogens is 340 g/mol. The lowest BCUT2D eigenvalue weighted by molar-refractivity contribution is 0.579. The molecule has 0 unspecified atom stereocenters. The first-order valence-electron chi connectivity index (χ1n) is 5.05. The average Bonchev–Trinajstić information content (AvgIpc) is 2.70. The second-order valence-electron chi connectivity index (χ2n) is 3.90. The number of hydrogen-bond donors (Lipinski definition) is 0. The summed E-state index contributed by atoms with van der Waals surface area (Å²) in [5, 5.41) is 4.36. The molecule has 1 aromatic heterocycles. The summed E-state index contributed by atoms with van der Waals surface area (Å²) in [5.74, 6) is 0. The van der Waals surface area contributed by atoms with E-state index in [-0.39, 0.29) is 4.90 Å². The maximum atomic E-state index is 12.4. The number of aromatic nitrogens is 2. The molecule has 0 saturated carbocycles. The smallest absolute Gasteiger partial charge is 0.199 e. The zero-order valence-corrected chi connectivity index (χ0v) is 12.8. The Balaban J connectivity index is 2.65. The van der Waals surface area contributed by atoms with Gasteiger partial charge in [-0.1, -0.05) is 11.6 Å². The fourth-order valence-corrected chi connectivity index (χ4v) is 3.60. The van der Waals surface area contributed by atoms with Gasteiger partial charge in [-0.05, 0) is 53.0 Å². The highest BCUT2D eigenvalue weighted by molar-refractivity contribution is 9.10. The number of nitrogens with zero attached hydrogens (tertiary/aromatic N) is 2. The van der Waals surface area contributed by atoms with Crippen LogP contribution in [0.1, 0.15) is 11.1 Å². The zero-order chi connectivity index (χ0) is 13.5. The van der Waals surface area contributed by atoms with Crippen molar-refractivity contribution in [2.75, 3.05) is 0 Å². The van der Waals surface area contributed by atoms with E-state index in [1.54, 1.807) is 26.0 Å². The van der Waals surface area contributed by atoms with Crippen LogP contribution in [0.5, 0.6) is 0 Å². The van der Waals surface area contributed by atoms with Gasteiger partial charge in [0.15, 0.2) is 0 Å². The highest BCUT2D eigenvalue weighted by Gasteiger charge is 2.21. The van der Waals surface area contributed by atoms with E-state index >= 15 is 0 Å². The molecule has 4 nitrogen and oxygen atoms in total. The number of halogens is 2. The number of aryl methyl sites for hydroxylation is 2. The van der Waals surface area contributed by atoms with Gasteiger partial charge in [0, 0.05) is 5.02 Å². The summed E-state index contributed by atoms with van der Waals surface area (Å²) in [5.41, 5.74) is 1.31. The molecule has 0 aliphatic carbocycles. The molecule has 0 aliphatic rings. The molecule has 2 rings (SSSR count). The van der Waals surface area contributed by atoms with Crippen LogP contribution in [0.15, 0.2) is 33.9 Å². The summed E-state index contributed by atoms with van der Waals surface area (Å²) >= 11 is 9.13. The number of benzene rings is 1. The molecule has 0 saturated heterocycles. The highest BCUT2D eigenvalue weighted by atomic mass is 79.9. The first kappa shape index (κ1) is 13.6. The maximum Gasteiger partial charge on any atom is 0.283 e. The van der Waals surface area contributed by atoms with E-state index in [2.05, 4.69) is 21.0 Å².